The largest absolute Gasteiger partial charge is 0.329 e. The fourth-order valence-electron chi connectivity index (χ4n) is 4.42. The molecule has 0 aromatic carbocycles. The predicted octanol–water partition coefficient (Wildman–Crippen LogP) is 4.01. The Labute approximate surface area is 127 Å². The molecule has 1 aromatic heterocycles. The normalized spacial score (nSPS) is 24.6. The summed E-state index contributed by atoms with van der Waals surface area (Å²) in [4.78, 5) is 4.00. The lowest BCUT2D eigenvalue weighted by Crippen LogP contribution is -2.54. The summed E-state index contributed by atoms with van der Waals surface area (Å²) in [5, 5.41) is 2.17. The Morgan fingerprint density at radius 1 is 1.15 bits per heavy atom. The minimum absolute atomic E-state index is 0.248. The molecule has 112 valence electrons. The standard InChI is InChI=1S/C17H28N2S/c1-19(13-15-5-4-12-20-15)17(14-18)10-8-16(9-11-17)6-2-3-7-16/h4-5,12H,2-3,6-11,13-14,18H2,1H3. The van der Waals surface area contributed by atoms with E-state index in [1.807, 2.05) is 11.3 Å². The highest BCUT2D eigenvalue weighted by Crippen LogP contribution is 2.52. The molecule has 1 spiro atoms. The summed E-state index contributed by atoms with van der Waals surface area (Å²) in [6.07, 6.45) is 11.3. The summed E-state index contributed by atoms with van der Waals surface area (Å²) in [6, 6.07) is 4.39. The van der Waals surface area contributed by atoms with Gasteiger partial charge in [-0.1, -0.05) is 18.9 Å². The molecule has 20 heavy (non-hydrogen) atoms. The van der Waals surface area contributed by atoms with Crippen molar-refractivity contribution in [1.29, 1.82) is 0 Å². The van der Waals surface area contributed by atoms with Crippen molar-refractivity contribution in [3.8, 4) is 0 Å². The first kappa shape index (κ1) is 14.6. The Bertz CT molecular complexity index is 410. The Morgan fingerprint density at radius 3 is 2.40 bits per heavy atom. The number of thiophene rings is 1. The van der Waals surface area contributed by atoms with E-state index >= 15 is 0 Å². The molecule has 2 N–H and O–H groups in total. The van der Waals surface area contributed by atoms with Gasteiger partial charge >= 0.3 is 0 Å². The van der Waals surface area contributed by atoms with E-state index < -0.39 is 0 Å². The molecule has 0 atom stereocenters. The molecule has 2 fully saturated rings. The zero-order chi connectivity index (χ0) is 14.1. The average Bonchev–Trinajstić information content (AvgIpc) is 3.13. The maximum absolute atomic E-state index is 6.22. The quantitative estimate of drug-likeness (QED) is 0.908. The van der Waals surface area contributed by atoms with Gasteiger partial charge in [-0.3, -0.25) is 4.90 Å². The Kier molecular flexibility index (Phi) is 4.21. The maximum Gasteiger partial charge on any atom is 0.0332 e. The highest BCUT2D eigenvalue weighted by atomic mass is 32.1. The number of nitrogens with zero attached hydrogens (tertiary/aromatic N) is 1. The van der Waals surface area contributed by atoms with Gasteiger partial charge < -0.3 is 5.73 Å². The second kappa shape index (κ2) is 5.78. The summed E-state index contributed by atoms with van der Waals surface area (Å²) in [6.45, 7) is 1.87. The molecule has 0 unspecified atom stereocenters. The van der Waals surface area contributed by atoms with Crippen LogP contribution in [0.4, 0.5) is 0 Å². The number of likely N-dealkylation sites (N-methyl/N-ethyl adjacent to an activating group) is 1. The van der Waals surface area contributed by atoms with Gasteiger partial charge in [0.05, 0.1) is 0 Å². The average molecular weight is 292 g/mol. The van der Waals surface area contributed by atoms with Crippen LogP contribution in [0.5, 0.6) is 0 Å². The summed E-state index contributed by atoms with van der Waals surface area (Å²) in [5.41, 5.74) is 7.16. The van der Waals surface area contributed by atoms with Gasteiger partial charge in [-0.15, -0.1) is 11.3 Å². The van der Waals surface area contributed by atoms with Crippen LogP contribution in [0.2, 0.25) is 0 Å². The van der Waals surface area contributed by atoms with E-state index in [2.05, 4.69) is 29.5 Å². The van der Waals surface area contributed by atoms with E-state index in [1.54, 1.807) is 0 Å². The first-order valence-electron chi connectivity index (χ1n) is 8.12. The van der Waals surface area contributed by atoms with Crippen LogP contribution in [0, 0.1) is 5.41 Å². The molecular formula is C17H28N2S. The number of hydrogen-bond donors (Lipinski definition) is 1. The SMILES string of the molecule is CN(Cc1cccs1)C1(CN)CCC2(CCCC2)CC1. The van der Waals surface area contributed by atoms with Gasteiger partial charge in [0.25, 0.3) is 0 Å². The second-order valence-corrected chi connectivity index (χ2v) is 8.10. The Morgan fingerprint density at radius 2 is 1.85 bits per heavy atom. The zero-order valence-electron chi connectivity index (χ0n) is 12.7. The van der Waals surface area contributed by atoms with Gasteiger partial charge in [0, 0.05) is 23.5 Å². The predicted molar refractivity (Wildman–Crippen MR) is 86.9 cm³/mol. The number of rotatable bonds is 4. The van der Waals surface area contributed by atoms with E-state index in [-0.39, 0.29) is 5.54 Å². The van der Waals surface area contributed by atoms with Crippen LogP contribution in [0.15, 0.2) is 17.5 Å². The minimum Gasteiger partial charge on any atom is -0.329 e. The molecule has 3 rings (SSSR count). The van der Waals surface area contributed by atoms with Crippen molar-refractivity contribution in [2.75, 3.05) is 13.6 Å². The molecule has 0 amide bonds. The molecule has 2 nitrogen and oxygen atoms in total. The van der Waals surface area contributed by atoms with Crippen molar-refractivity contribution in [2.45, 2.75) is 63.5 Å². The maximum atomic E-state index is 6.22. The number of nitrogens with two attached hydrogens (primary N) is 1. The van der Waals surface area contributed by atoms with Gasteiger partial charge in [-0.05, 0) is 62.4 Å². The molecule has 1 heterocycles. The van der Waals surface area contributed by atoms with E-state index in [0.717, 1.165) is 13.1 Å². The molecule has 1 aromatic rings. The third-order valence-corrected chi connectivity index (χ3v) is 6.93. The molecule has 2 aliphatic carbocycles. The molecular weight excluding hydrogens is 264 g/mol. The van der Waals surface area contributed by atoms with Gasteiger partial charge in [-0.2, -0.15) is 0 Å². The molecule has 0 radical (unpaired) electrons. The van der Waals surface area contributed by atoms with Crippen molar-refractivity contribution in [3.63, 3.8) is 0 Å². The van der Waals surface area contributed by atoms with Crippen LogP contribution < -0.4 is 5.73 Å². The van der Waals surface area contributed by atoms with E-state index in [1.165, 1.54) is 56.2 Å². The summed E-state index contributed by atoms with van der Waals surface area (Å²) in [7, 11) is 2.28. The van der Waals surface area contributed by atoms with Gasteiger partial charge in [-0.25, -0.2) is 0 Å². The Balaban J connectivity index is 1.66. The fourth-order valence-corrected chi connectivity index (χ4v) is 5.17. The van der Waals surface area contributed by atoms with E-state index in [4.69, 9.17) is 5.73 Å². The summed E-state index contributed by atoms with van der Waals surface area (Å²) in [5.74, 6) is 0. The van der Waals surface area contributed by atoms with Crippen molar-refractivity contribution in [1.82, 2.24) is 4.90 Å². The molecule has 2 aliphatic rings. The smallest absolute Gasteiger partial charge is 0.0332 e. The molecule has 0 saturated heterocycles. The van der Waals surface area contributed by atoms with Gasteiger partial charge in [0.2, 0.25) is 0 Å². The van der Waals surface area contributed by atoms with Crippen LogP contribution in [0.1, 0.15) is 56.2 Å². The van der Waals surface area contributed by atoms with Crippen LogP contribution >= 0.6 is 11.3 Å². The first-order chi connectivity index (χ1) is 9.68. The lowest BCUT2D eigenvalue weighted by atomic mass is 9.66. The van der Waals surface area contributed by atoms with Crippen molar-refractivity contribution in [2.24, 2.45) is 11.1 Å². The van der Waals surface area contributed by atoms with Crippen LogP contribution in [0.3, 0.4) is 0 Å². The van der Waals surface area contributed by atoms with E-state index in [9.17, 15) is 0 Å². The van der Waals surface area contributed by atoms with Crippen molar-refractivity contribution >= 4 is 11.3 Å². The minimum atomic E-state index is 0.248. The first-order valence-corrected chi connectivity index (χ1v) is 9.00. The third kappa shape index (κ3) is 2.68. The zero-order valence-corrected chi connectivity index (χ0v) is 13.6. The molecule has 0 aliphatic heterocycles. The number of hydrogen-bond acceptors (Lipinski definition) is 3. The molecule has 0 bridgehead atoms. The Hall–Kier alpha value is -0.380. The van der Waals surface area contributed by atoms with Gasteiger partial charge in [0.15, 0.2) is 0 Å². The highest BCUT2D eigenvalue weighted by Gasteiger charge is 2.45. The molecule has 2 saturated carbocycles. The second-order valence-electron chi connectivity index (χ2n) is 7.07. The lowest BCUT2D eigenvalue weighted by Gasteiger charge is -2.49. The van der Waals surface area contributed by atoms with Crippen LogP contribution in [-0.4, -0.2) is 24.0 Å². The van der Waals surface area contributed by atoms with Crippen LogP contribution in [-0.2, 0) is 6.54 Å². The highest BCUT2D eigenvalue weighted by molar-refractivity contribution is 7.09. The summed E-state index contributed by atoms with van der Waals surface area (Å²) < 4.78 is 0. The molecule has 3 heteroatoms. The third-order valence-electron chi connectivity index (χ3n) is 6.07. The lowest BCUT2D eigenvalue weighted by molar-refractivity contribution is 0.0263. The van der Waals surface area contributed by atoms with Crippen molar-refractivity contribution < 1.29 is 0 Å². The van der Waals surface area contributed by atoms with Crippen molar-refractivity contribution in [3.05, 3.63) is 22.4 Å². The van der Waals surface area contributed by atoms with Gasteiger partial charge in [0.1, 0.15) is 0 Å². The topological polar surface area (TPSA) is 29.3 Å². The van der Waals surface area contributed by atoms with E-state index in [0.29, 0.717) is 5.41 Å². The van der Waals surface area contributed by atoms with Crippen LogP contribution in [0.25, 0.3) is 0 Å². The fraction of sp³-hybridized carbons (Fsp3) is 0.765. The summed E-state index contributed by atoms with van der Waals surface area (Å²) >= 11 is 1.86. The monoisotopic (exact) mass is 292 g/mol.